The van der Waals surface area contributed by atoms with Gasteiger partial charge in [0.2, 0.25) is 0 Å². The van der Waals surface area contributed by atoms with Gasteiger partial charge in [0.25, 0.3) is 0 Å². The van der Waals surface area contributed by atoms with Crippen LogP contribution in [0.25, 0.3) is 0 Å². The van der Waals surface area contributed by atoms with Crippen LogP contribution in [-0.4, -0.2) is 34.8 Å². The molecule has 1 aromatic rings. The topological polar surface area (TPSA) is 63.6 Å². The first-order chi connectivity index (χ1) is 8.54. The third-order valence-corrected chi connectivity index (χ3v) is 4.45. The predicted octanol–water partition coefficient (Wildman–Crippen LogP) is 2.43. The van der Waals surface area contributed by atoms with Gasteiger partial charge in [-0.25, -0.2) is 4.79 Å². The van der Waals surface area contributed by atoms with E-state index in [9.17, 15) is 9.00 Å². The van der Waals surface area contributed by atoms with Gasteiger partial charge in [0.15, 0.2) is 0 Å². The summed E-state index contributed by atoms with van der Waals surface area (Å²) < 4.78 is 17.4. The van der Waals surface area contributed by atoms with Crippen LogP contribution >= 0.6 is 15.9 Å². The molecule has 0 fully saturated rings. The molecule has 0 amide bonds. The molecule has 4 nitrogen and oxygen atoms in total. The van der Waals surface area contributed by atoms with Crippen molar-refractivity contribution in [3.63, 3.8) is 0 Å². The maximum Gasteiger partial charge on any atom is 0.335 e. The number of ether oxygens (including phenoxy) is 1. The Labute approximate surface area is 117 Å². The van der Waals surface area contributed by atoms with Crippen molar-refractivity contribution in [1.29, 1.82) is 0 Å². The van der Waals surface area contributed by atoms with Crippen molar-refractivity contribution in [3.05, 3.63) is 33.8 Å². The zero-order chi connectivity index (χ0) is 13.5. The number of methoxy groups -OCH3 is 1. The van der Waals surface area contributed by atoms with E-state index in [1.165, 1.54) is 12.1 Å². The summed E-state index contributed by atoms with van der Waals surface area (Å²) in [6.07, 6.45) is 0.758. The molecule has 1 aromatic carbocycles. The molecule has 1 rings (SSSR count). The van der Waals surface area contributed by atoms with Gasteiger partial charge < -0.3 is 9.84 Å². The number of carboxylic acids is 1. The molecule has 0 radical (unpaired) electrons. The highest BCUT2D eigenvalue weighted by Crippen LogP contribution is 2.20. The quantitative estimate of drug-likeness (QED) is 0.778. The molecule has 1 atom stereocenters. The zero-order valence-corrected chi connectivity index (χ0v) is 12.4. The number of carbonyl (C=O) groups is 1. The van der Waals surface area contributed by atoms with E-state index in [1.807, 2.05) is 0 Å². The fourth-order valence-electron chi connectivity index (χ4n) is 1.41. The minimum Gasteiger partial charge on any atom is -0.478 e. The lowest BCUT2D eigenvalue weighted by molar-refractivity contribution is 0.0697. The summed E-state index contributed by atoms with van der Waals surface area (Å²) in [7, 11) is 0.658. The van der Waals surface area contributed by atoms with E-state index in [-0.39, 0.29) is 5.56 Å². The van der Waals surface area contributed by atoms with Gasteiger partial charge >= 0.3 is 5.97 Å². The van der Waals surface area contributed by atoms with Gasteiger partial charge in [0.1, 0.15) is 0 Å². The Morgan fingerprint density at radius 1 is 1.50 bits per heavy atom. The van der Waals surface area contributed by atoms with Crippen LogP contribution in [-0.2, 0) is 21.3 Å². The van der Waals surface area contributed by atoms with Gasteiger partial charge in [-0.15, -0.1) is 0 Å². The summed E-state index contributed by atoms with van der Waals surface area (Å²) >= 11 is 3.30. The van der Waals surface area contributed by atoms with E-state index in [1.54, 1.807) is 13.2 Å². The first kappa shape index (κ1) is 15.3. The van der Waals surface area contributed by atoms with Crippen LogP contribution in [0.5, 0.6) is 0 Å². The Hall–Kier alpha value is -0.720. The Morgan fingerprint density at radius 2 is 2.22 bits per heavy atom. The second-order valence-corrected chi connectivity index (χ2v) is 6.18. The predicted molar refractivity (Wildman–Crippen MR) is 74.3 cm³/mol. The molecule has 1 unspecified atom stereocenters. The molecule has 0 aliphatic carbocycles. The van der Waals surface area contributed by atoms with E-state index in [0.29, 0.717) is 22.6 Å². The highest BCUT2D eigenvalue weighted by molar-refractivity contribution is 9.10. The van der Waals surface area contributed by atoms with E-state index < -0.39 is 16.8 Å². The molecule has 0 spiro atoms. The highest BCUT2D eigenvalue weighted by atomic mass is 79.9. The monoisotopic (exact) mass is 334 g/mol. The van der Waals surface area contributed by atoms with Crippen LogP contribution in [0.4, 0.5) is 0 Å². The molecular weight excluding hydrogens is 320 g/mol. The average Bonchev–Trinajstić information content (AvgIpc) is 2.32. The SMILES string of the molecule is COCCCS(=O)Cc1ccc(C(=O)O)cc1Br. The van der Waals surface area contributed by atoms with Crippen molar-refractivity contribution in [2.24, 2.45) is 0 Å². The molecule has 0 aliphatic rings. The van der Waals surface area contributed by atoms with Gasteiger partial charge in [0.05, 0.1) is 5.56 Å². The number of hydrogen-bond acceptors (Lipinski definition) is 3. The molecule has 18 heavy (non-hydrogen) atoms. The van der Waals surface area contributed by atoms with E-state index >= 15 is 0 Å². The summed E-state index contributed by atoms with van der Waals surface area (Å²) in [5.41, 5.74) is 1.08. The van der Waals surface area contributed by atoms with Gasteiger partial charge in [0, 0.05) is 40.5 Å². The first-order valence-electron chi connectivity index (χ1n) is 5.40. The Bertz CT molecular complexity index is 448. The second kappa shape index (κ2) is 7.66. The van der Waals surface area contributed by atoms with E-state index in [2.05, 4.69) is 15.9 Å². The largest absolute Gasteiger partial charge is 0.478 e. The van der Waals surface area contributed by atoms with Gasteiger partial charge in [-0.1, -0.05) is 22.0 Å². The summed E-state index contributed by atoms with van der Waals surface area (Å²) in [4.78, 5) is 10.8. The smallest absolute Gasteiger partial charge is 0.335 e. The molecule has 0 heterocycles. The lowest BCUT2D eigenvalue weighted by atomic mass is 10.1. The van der Waals surface area contributed by atoms with Crippen molar-refractivity contribution in [2.45, 2.75) is 12.2 Å². The highest BCUT2D eigenvalue weighted by Gasteiger charge is 2.09. The molecule has 0 aliphatic heterocycles. The maximum atomic E-state index is 11.8. The molecule has 1 N–H and O–H groups in total. The number of rotatable bonds is 7. The standard InChI is InChI=1S/C12H15BrO4S/c1-17-5-2-6-18(16)8-10-4-3-9(12(14)15)7-11(10)13/h3-4,7H,2,5-6,8H2,1H3,(H,14,15). The van der Waals surface area contributed by atoms with Crippen LogP contribution in [0.15, 0.2) is 22.7 Å². The van der Waals surface area contributed by atoms with Crippen molar-refractivity contribution in [3.8, 4) is 0 Å². The molecule has 6 heteroatoms. The first-order valence-corrected chi connectivity index (χ1v) is 7.68. The van der Waals surface area contributed by atoms with Crippen molar-refractivity contribution in [1.82, 2.24) is 0 Å². The van der Waals surface area contributed by atoms with Crippen LogP contribution in [0.3, 0.4) is 0 Å². The molecule has 0 aromatic heterocycles. The van der Waals surface area contributed by atoms with Crippen molar-refractivity contribution < 1.29 is 18.8 Å². The lowest BCUT2D eigenvalue weighted by Gasteiger charge is -2.06. The Morgan fingerprint density at radius 3 is 2.78 bits per heavy atom. The normalized spacial score (nSPS) is 12.3. The molecule has 0 bridgehead atoms. The fraction of sp³-hybridized carbons (Fsp3) is 0.417. The minimum atomic E-state index is -0.969. The average molecular weight is 335 g/mol. The summed E-state index contributed by atoms with van der Waals surface area (Å²) in [6, 6.07) is 4.75. The van der Waals surface area contributed by atoms with Crippen molar-refractivity contribution in [2.75, 3.05) is 19.5 Å². The molecule has 100 valence electrons. The van der Waals surface area contributed by atoms with Crippen LogP contribution in [0.2, 0.25) is 0 Å². The van der Waals surface area contributed by atoms with Gasteiger partial charge in [-0.05, 0) is 24.1 Å². The molecule has 0 saturated carbocycles. The van der Waals surface area contributed by atoms with Crippen LogP contribution < -0.4 is 0 Å². The van der Waals surface area contributed by atoms with Gasteiger partial charge in [-0.2, -0.15) is 0 Å². The van der Waals surface area contributed by atoms with Crippen LogP contribution in [0.1, 0.15) is 22.3 Å². The third kappa shape index (κ3) is 4.88. The molecule has 0 saturated heterocycles. The minimum absolute atomic E-state index is 0.218. The second-order valence-electron chi connectivity index (χ2n) is 3.75. The number of carboxylic acid groups (broad SMARTS) is 1. The number of aromatic carboxylic acids is 1. The lowest BCUT2D eigenvalue weighted by Crippen LogP contribution is -2.05. The maximum absolute atomic E-state index is 11.8. The van der Waals surface area contributed by atoms with Crippen molar-refractivity contribution >= 4 is 32.7 Å². The van der Waals surface area contributed by atoms with Gasteiger partial charge in [-0.3, -0.25) is 4.21 Å². The number of hydrogen-bond donors (Lipinski definition) is 1. The fourth-order valence-corrected chi connectivity index (χ4v) is 3.29. The number of halogens is 1. The summed E-state index contributed by atoms with van der Waals surface area (Å²) in [6.45, 7) is 0.602. The summed E-state index contributed by atoms with van der Waals surface area (Å²) in [5, 5.41) is 8.83. The Balaban J connectivity index is 2.62. The Kier molecular flexibility index (Phi) is 6.52. The van der Waals surface area contributed by atoms with E-state index in [0.717, 1.165) is 12.0 Å². The third-order valence-electron chi connectivity index (χ3n) is 2.34. The van der Waals surface area contributed by atoms with Crippen LogP contribution in [0, 0.1) is 0 Å². The molecular formula is C12H15BrO4S. The zero-order valence-electron chi connectivity index (χ0n) is 10.0. The summed E-state index contributed by atoms with van der Waals surface area (Å²) in [5.74, 6) is 0.0361. The van der Waals surface area contributed by atoms with E-state index in [4.69, 9.17) is 9.84 Å². The number of benzene rings is 1.